The SMILES string of the molecule is CC(C)C[C@@H](C(=O)N[C@H]1Cc2cn(c3ccccc23)CCCCCNC1=O)[C@H](O)C(=O)NO. The third kappa shape index (κ3) is 6.11. The summed E-state index contributed by atoms with van der Waals surface area (Å²) in [4.78, 5) is 38.0. The number of fused-ring (bicyclic) bond motifs is 5. The van der Waals surface area contributed by atoms with Crippen LogP contribution in [0.1, 0.15) is 45.1 Å². The van der Waals surface area contributed by atoms with Crippen molar-refractivity contribution >= 4 is 28.6 Å². The minimum atomic E-state index is -1.73. The molecule has 0 saturated carbocycles. The van der Waals surface area contributed by atoms with Crippen LogP contribution in [0.3, 0.4) is 0 Å². The zero-order chi connectivity index (χ0) is 24.0. The average Bonchev–Trinajstić information content (AvgIpc) is 3.14. The number of aromatic nitrogens is 1. The minimum absolute atomic E-state index is 0.00463. The smallest absolute Gasteiger partial charge is 0.272 e. The molecule has 3 atom stereocenters. The fraction of sp³-hybridized carbons (Fsp3) is 0.542. The highest BCUT2D eigenvalue weighted by Crippen LogP contribution is 2.24. The highest BCUT2D eigenvalue weighted by Gasteiger charge is 2.35. The topological polar surface area (TPSA) is 133 Å². The first-order valence-corrected chi connectivity index (χ1v) is 11.6. The van der Waals surface area contributed by atoms with Gasteiger partial charge >= 0.3 is 0 Å². The van der Waals surface area contributed by atoms with Gasteiger partial charge in [0.25, 0.3) is 5.91 Å². The molecule has 1 aliphatic rings. The van der Waals surface area contributed by atoms with Crippen LogP contribution in [0.4, 0.5) is 0 Å². The summed E-state index contributed by atoms with van der Waals surface area (Å²) in [6.45, 7) is 5.12. The number of hydrogen-bond donors (Lipinski definition) is 5. The summed E-state index contributed by atoms with van der Waals surface area (Å²) in [7, 11) is 0. The van der Waals surface area contributed by atoms with Gasteiger partial charge in [-0.2, -0.15) is 0 Å². The van der Waals surface area contributed by atoms with Gasteiger partial charge in [0.15, 0.2) is 0 Å². The van der Waals surface area contributed by atoms with E-state index in [-0.39, 0.29) is 24.7 Å². The van der Waals surface area contributed by atoms with E-state index >= 15 is 0 Å². The summed E-state index contributed by atoms with van der Waals surface area (Å²) < 4.78 is 2.19. The predicted octanol–water partition coefficient (Wildman–Crippen LogP) is 1.50. The van der Waals surface area contributed by atoms with Crippen molar-refractivity contribution in [2.24, 2.45) is 11.8 Å². The molecular formula is C24H34N4O5. The normalized spacial score (nSPS) is 19.2. The molecule has 3 amide bonds. The number of benzene rings is 1. The second-order valence-electron chi connectivity index (χ2n) is 9.14. The van der Waals surface area contributed by atoms with Crippen LogP contribution in [0.5, 0.6) is 0 Å². The Morgan fingerprint density at radius 3 is 2.67 bits per heavy atom. The third-order valence-corrected chi connectivity index (χ3v) is 6.13. The Labute approximate surface area is 193 Å². The van der Waals surface area contributed by atoms with Crippen LogP contribution < -0.4 is 16.1 Å². The van der Waals surface area contributed by atoms with Crippen molar-refractivity contribution in [1.29, 1.82) is 0 Å². The highest BCUT2D eigenvalue weighted by molar-refractivity contribution is 5.93. The molecule has 9 nitrogen and oxygen atoms in total. The van der Waals surface area contributed by atoms with Crippen LogP contribution in [-0.2, 0) is 27.3 Å². The maximum absolute atomic E-state index is 13.1. The van der Waals surface area contributed by atoms with Crippen LogP contribution in [0, 0.1) is 11.8 Å². The number of rotatable bonds is 6. The molecule has 5 N–H and O–H groups in total. The van der Waals surface area contributed by atoms with Crippen molar-refractivity contribution in [2.75, 3.05) is 6.54 Å². The number of carbonyl (C=O) groups is 3. The lowest BCUT2D eigenvalue weighted by Crippen LogP contribution is -2.53. The van der Waals surface area contributed by atoms with Crippen molar-refractivity contribution in [3.8, 4) is 0 Å². The van der Waals surface area contributed by atoms with Crippen molar-refractivity contribution in [1.82, 2.24) is 20.7 Å². The second-order valence-corrected chi connectivity index (χ2v) is 9.14. The number of hydroxylamine groups is 1. The Bertz CT molecular complexity index is 986. The number of hydrogen-bond acceptors (Lipinski definition) is 5. The van der Waals surface area contributed by atoms with E-state index in [0.717, 1.165) is 42.3 Å². The first kappa shape index (κ1) is 24.7. The molecule has 2 aromatic rings. The molecule has 0 saturated heterocycles. The molecule has 0 spiro atoms. The van der Waals surface area contributed by atoms with Crippen LogP contribution in [0.2, 0.25) is 0 Å². The van der Waals surface area contributed by atoms with E-state index in [4.69, 9.17) is 5.21 Å². The molecular weight excluding hydrogens is 424 g/mol. The summed E-state index contributed by atoms with van der Waals surface area (Å²) in [5.74, 6) is -3.05. The first-order chi connectivity index (χ1) is 15.8. The number of nitrogens with one attached hydrogen (secondary N) is 3. The predicted molar refractivity (Wildman–Crippen MR) is 123 cm³/mol. The van der Waals surface area contributed by atoms with Crippen molar-refractivity contribution in [3.63, 3.8) is 0 Å². The molecule has 1 aromatic carbocycles. The summed E-state index contributed by atoms with van der Waals surface area (Å²) in [5, 5.41) is 25.9. The first-order valence-electron chi connectivity index (χ1n) is 11.6. The van der Waals surface area contributed by atoms with Crippen LogP contribution in [0.15, 0.2) is 30.5 Å². The molecule has 33 heavy (non-hydrogen) atoms. The van der Waals surface area contributed by atoms with E-state index in [0.29, 0.717) is 6.54 Å². The number of aliphatic hydroxyl groups excluding tert-OH is 1. The summed E-state index contributed by atoms with van der Waals surface area (Å²) in [5.41, 5.74) is 3.43. The molecule has 0 aliphatic carbocycles. The Kier molecular flexibility index (Phi) is 8.46. The molecule has 9 heteroatoms. The number of para-hydroxylation sites is 1. The Hall–Kier alpha value is -2.91. The van der Waals surface area contributed by atoms with Gasteiger partial charge in [-0.1, -0.05) is 32.0 Å². The summed E-state index contributed by atoms with van der Waals surface area (Å²) >= 11 is 0. The van der Waals surface area contributed by atoms with Crippen LogP contribution in [0.25, 0.3) is 10.9 Å². The number of nitrogens with zero attached hydrogens (tertiary/aromatic N) is 1. The zero-order valence-corrected chi connectivity index (χ0v) is 19.2. The molecule has 0 unspecified atom stereocenters. The second kappa shape index (κ2) is 11.3. The molecule has 1 aliphatic heterocycles. The van der Waals surface area contributed by atoms with E-state index < -0.39 is 29.9 Å². The van der Waals surface area contributed by atoms with Gasteiger partial charge in [-0.3, -0.25) is 19.6 Å². The molecule has 180 valence electrons. The van der Waals surface area contributed by atoms with E-state index in [9.17, 15) is 19.5 Å². The molecule has 2 heterocycles. The van der Waals surface area contributed by atoms with E-state index in [1.165, 1.54) is 5.48 Å². The lowest BCUT2D eigenvalue weighted by atomic mass is 9.90. The van der Waals surface area contributed by atoms with Crippen LogP contribution in [-0.4, -0.2) is 51.3 Å². The fourth-order valence-electron chi connectivity index (χ4n) is 4.43. The largest absolute Gasteiger partial charge is 0.382 e. The molecule has 0 fully saturated rings. The van der Waals surface area contributed by atoms with E-state index in [1.54, 1.807) is 0 Å². The lowest BCUT2D eigenvalue weighted by molar-refractivity contribution is -0.147. The standard InChI is InChI=1S/C24H34N4O5/c1-15(2)12-18(21(29)24(32)27-33)22(30)26-19-13-16-14-28(20-9-5-4-8-17(16)20)11-7-3-6-10-25-23(19)31/h4-5,8-9,14-15,18-19,21,29,33H,3,6-7,10-13H2,1-2H3,(H,25,31)(H,26,30)(H,27,32)/t18-,19+,21+/m1/s1. The monoisotopic (exact) mass is 458 g/mol. The van der Waals surface area contributed by atoms with Crippen molar-refractivity contribution in [2.45, 2.75) is 64.6 Å². The summed E-state index contributed by atoms with van der Waals surface area (Å²) in [6.07, 6.45) is 3.62. The van der Waals surface area contributed by atoms with Gasteiger partial charge in [0.1, 0.15) is 12.1 Å². The van der Waals surface area contributed by atoms with Crippen molar-refractivity contribution < 1.29 is 24.7 Å². The Morgan fingerprint density at radius 1 is 1.18 bits per heavy atom. The van der Waals surface area contributed by atoms with E-state index in [2.05, 4.69) is 21.3 Å². The maximum Gasteiger partial charge on any atom is 0.272 e. The highest BCUT2D eigenvalue weighted by atomic mass is 16.5. The lowest BCUT2D eigenvalue weighted by Gasteiger charge is -2.25. The number of amides is 3. The number of aliphatic hydroxyl groups is 1. The molecule has 3 rings (SSSR count). The summed E-state index contributed by atoms with van der Waals surface area (Å²) in [6, 6.07) is 7.12. The van der Waals surface area contributed by atoms with Gasteiger partial charge in [0.2, 0.25) is 11.8 Å². The van der Waals surface area contributed by atoms with Crippen LogP contribution >= 0.6 is 0 Å². The van der Waals surface area contributed by atoms with Gasteiger partial charge in [0.05, 0.1) is 5.92 Å². The van der Waals surface area contributed by atoms with Crippen molar-refractivity contribution in [3.05, 3.63) is 36.0 Å². The third-order valence-electron chi connectivity index (χ3n) is 6.13. The van der Waals surface area contributed by atoms with Gasteiger partial charge < -0.3 is 20.3 Å². The molecule has 0 radical (unpaired) electrons. The van der Waals surface area contributed by atoms with Gasteiger partial charge in [-0.25, -0.2) is 5.48 Å². The maximum atomic E-state index is 13.1. The van der Waals surface area contributed by atoms with Gasteiger partial charge in [-0.15, -0.1) is 0 Å². The number of aryl methyl sites for hydroxylation is 1. The number of carbonyl (C=O) groups excluding carboxylic acids is 3. The Morgan fingerprint density at radius 2 is 1.94 bits per heavy atom. The van der Waals surface area contributed by atoms with Gasteiger partial charge in [0, 0.05) is 36.6 Å². The minimum Gasteiger partial charge on any atom is -0.382 e. The van der Waals surface area contributed by atoms with Gasteiger partial charge in [-0.05, 0) is 43.2 Å². The van der Waals surface area contributed by atoms with E-state index in [1.807, 2.05) is 38.2 Å². The average molecular weight is 459 g/mol. The molecule has 1 aromatic heterocycles. The Balaban J connectivity index is 1.90. The fourth-order valence-corrected chi connectivity index (χ4v) is 4.43. The quantitative estimate of drug-likeness (QED) is 0.331. The molecule has 2 bridgehead atoms. The zero-order valence-electron chi connectivity index (χ0n) is 19.2.